The molecule has 0 aliphatic carbocycles. The highest BCUT2D eigenvalue weighted by Gasteiger charge is 2.21. The van der Waals surface area contributed by atoms with Crippen molar-refractivity contribution in [2.75, 3.05) is 11.2 Å². The molecule has 2 aromatic rings. The molecule has 0 saturated carbocycles. The zero-order valence-electron chi connectivity index (χ0n) is 9.70. The molecule has 2 aromatic heterocycles. The lowest BCUT2D eigenvalue weighted by atomic mass is 10.0. The summed E-state index contributed by atoms with van der Waals surface area (Å²) in [6.07, 6.45) is 0.858. The fourth-order valence-corrected chi connectivity index (χ4v) is 1.65. The summed E-state index contributed by atoms with van der Waals surface area (Å²) >= 11 is 5.91. The van der Waals surface area contributed by atoms with Crippen LogP contribution in [0.3, 0.4) is 0 Å². The first kappa shape index (κ1) is 11.9. The van der Waals surface area contributed by atoms with Crippen LogP contribution in [0.4, 0.5) is 5.82 Å². The molecular formula is C10H14ClN5O. The summed E-state index contributed by atoms with van der Waals surface area (Å²) < 4.78 is 1.21. The number of rotatable bonds is 4. The zero-order chi connectivity index (χ0) is 12.5. The Morgan fingerprint density at radius 1 is 1.59 bits per heavy atom. The van der Waals surface area contributed by atoms with Crippen LogP contribution in [0.25, 0.3) is 5.65 Å². The van der Waals surface area contributed by atoms with Gasteiger partial charge in [0.15, 0.2) is 5.65 Å². The molecule has 0 radical (unpaired) electrons. The predicted octanol–water partition coefficient (Wildman–Crippen LogP) is 1.24. The van der Waals surface area contributed by atoms with Crippen molar-refractivity contribution in [1.82, 2.24) is 19.8 Å². The van der Waals surface area contributed by atoms with Gasteiger partial charge in [-0.15, -0.1) is 16.7 Å². The predicted molar refractivity (Wildman–Crippen MR) is 66.6 cm³/mol. The standard InChI is InChI=1S/C10H14ClN5O/c1-3-10(2,6-11)12-7-4-5-8-13-14-9(17)16(8)15-7/h4-5H,3,6H2,1-2H3,(H,12,15)(H,14,17). The summed E-state index contributed by atoms with van der Waals surface area (Å²) in [5.41, 5.74) is -0.104. The maximum atomic E-state index is 11.4. The summed E-state index contributed by atoms with van der Waals surface area (Å²) in [4.78, 5) is 11.4. The van der Waals surface area contributed by atoms with Crippen LogP contribution in [-0.4, -0.2) is 31.2 Å². The van der Waals surface area contributed by atoms with Gasteiger partial charge in [0.05, 0.1) is 0 Å². The molecular weight excluding hydrogens is 242 g/mol. The number of nitrogens with zero attached hydrogens (tertiary/aromatic N) is 3. The van der Waals surface area contributed by atoms with Crippen molar-refractivity contribution in [2.45, 2.75) is 25.8 Å². The monoisotopic (exact) mass is 255 g/mol. The number of anilines is 1. The Balaban J connectivity index is 2.36. The lowest BCUT2D eigenvalue weighted by Crippen LogP contribution is -2.36. The Kier molecular flexibility index (Phi) is 3.06. The molecule has 7 heteroatoms. The van der Waals surface area contributed by atoms with Crippen LogP contribution in [0, 0.1) is 0 Å². The van der Waals surface area contributed by atoms with Gasteiger partial charge in [-0.25, -0.2) is 9.89 Å². The second-order valence-corrected chi connectivity index (χ2v) is 4.46. The summed E-state index contributed by atoms with van der Waals surface area (Å²) in [5, 5.41) is 13.5. The number of H-pyrrole nitrogens is 1. The Bertz CT molecular complexity index is 571. The van der Waals surface area contributed by atoms with Gasteiger partial charge in [-0.1, -0.05) is 6.92 Å². The van der Waals surface area contributed by atoms with Crippen molar-refractivity contribution < 1.29 is 0 Å². The van der Waals surface area contributed by atoms with Gasteiger partial charge < -0.3 is 5.32 Å². The third-order valence-electron chi connectivity index (χ3n) is 2.78. The number of aromatic nitrogens is 4. The van der Waals surface area contributed by atoms with Crippen LogP contribution in [0.2, 0.25) is 0 Å². The van der Waals surface area contributed by atoms with Crippen LogP contribution in [0.5, 0.6) is 0 Å². The quantitative estimate of drug-likeness (QED) is 0.806. The molecule has 0 aliphatic rings. The number of fused-ring (bicyclic) bond motifs is 1. The van der Waals surface area contributed by atoms with E-state index in [2.05, 4.69) is 20.6 Å². The van der Waals surface area contributed by atoms with E-state index in [9.17, 15) is 4.79 Å². The van der Waals surface area contributed by atoms with E-state index < -0.39 is 0 Å². The van der Waals surface area contributed by atoms with Crippen molar-refractivity contribution in [2.24, 2.45) is 0 Å². The van der Waals surface area contributed by atoms with Crippen molar-refractivity contribution >= 4 is 23.1 Å². The second-order valence-electron chi connectivity index (χ2n) is 4.19. The number of nitrogens with one attached hydrogen (secondary N) is 2. The van der Waals surface area contributed by atoms with Crippen LogP contribution in [0.1, 0.15) is 20.3 Å². The molecule has 2 N–H and O–H groups in total. The van der Waals surface area contributed by atoms with Gasteiger partial charge >= 0.3 is 5.69 Å². The minimum absolute atomic E-state index is 0.241. The van der Waals surface area contributed by atoms with Gasteiger partial charge in [0.1, 0.15) is 5.82 Å². The molecule has 6 nitrogen and oxygen atoms in total. The Labute approximate surface area is 103 Å². The summed E-state index contributed by atoms with van der Waals surface area (Å²) in [6, 6.07) is 3.49. The Hall–Kier alpha value is -1.56. The van der Waals surface area contributed by atoms with Crippen molar-refractivity contribution in [3.8, 4) is 0 Å². The zero-order valence-corrected chi connectivity index (χ0v) is 10.5. The van der Waals surface area contributed by atoms with Crippen LogP contribution >= 0.6 is 11.6 Å². The summed E-state index contributed by atoms with van der Waals surface area (Å²) in [6.45, 7) is 4.04. The highest BCUT2D eigenvalue weighted by molar-refractivity contribution is 6.18. The highest BCUT2D eigenvalue weighted by Crippen LogP contribution is 2.18. The highest BCUT2D eigenvalue weighted by atomic mass is 35.5. The van der Waals surface area contributed by atoms with Crippen LogP contribution in [0.15, 0.2) is 16.9 Å². The molecule has 1 atom stereocenters. The van der Waals surface area contributed by atoms with E-state index >= 15 is 0 Å². The molecule has 0 fully saturated rings. The first-order valence-corrected chi connectivity index (χ1v) is 5.90. The third-order valence-corrected chi connectivity index (χ3v) is 3.37. The number of hydrogen-bond acceptors (Lipinski definition) is 4. The number of aromatic amines is 1. The fourth-order valence-electron chi connectivity index (χ4n) is 1.40. The van der Waals surface area contributed by atoms with Crippen molar-refractivity contribution in [3.05, 3.63) is 22.6 Å². The maximum absolute atomic E-state index is 11.4. The van der Waals surface area contributed by atoms with E-state index in [0.29, 0.717) is 17.3 Å². The van der Waals surface area contributed by atoms with E-state index in [4.69, 9.17) is 11.6 Å². The van der Waals surface area contributed by atoms with E-state index in [1.54, 1.807) is 12.1 Å². The van der Waals surface area contributed by atoms with Gasteiger partial charge in [-0.3, -0.25) is 0 Å². The molecule has 2 rings (SSSR count). The minimum atomic E-state index is -0.354. The molecule has 0 aliphatic heterocycles. The van der Waals surface area contributed by atoms with Crippen molar-refractivity contribution in [3.63, 3.8) is 0 Å². The van der Waals surface area contributed by atoms with Gasteiger partial charge in [-0.05, 0) is 25.5 Å². The normalized spacial score (nSPS) is 14.8. The molecule has 0 amide bonds. The van der Waals surface area contributed by atoms with Crippen molar-refractivity contribution in [1.29, 1.82) is 0 Å². The average Bonchev–Trinajstić information content (AvgIpc) is 2.71. The number of alkyl halides is 1. The number of halogens is 1. The lowest BCUT2D eigenvalue weighted by Gasteiger charge is -2.27. The molecule has 92 valence electrons. The topological polar surface area (TPSA) is 75.1 Å². The molecule has 0 saturated heterocycles. The van der Waals surface area contributed by atoms with E-state index in [-0.39, 0.29) is 11.2 Å². The Morgan fingerprint density at radius 3 is 3.00 bits per heavy atom. The second kappa shape index (κ2) is 4.37. The number of hydrogen-bond donors (Lipinski definition) is 2. The maximum Gasteiger partial charge on any atom is 0.364 e. The average molecular weight is 256 g/mol. The minimum Gasteiger partial charge on any atom is -0.362 e. The SMILES string of the molecule is CCC(C)(CCl)Nc1ccc2n[nH]c(=O)n2n1. The molecule has 17 heavy (non-hydrogen) atoms. The molecule has 0 aromatic carbocycles. The molecule has 2 heterocycles. The Morgan fingerprint density at radius 2 is 2.35 bits per heavy atom. The van der Waals surface area contributed by atoms with Gasteiger partial charge in [-0.2, -0.15) is 9.61 Å². The largest absolute Gasteiger partial charge is 0.364 e. The van der Waals surface area contributed by atoms with E-state index in [1.165, 1.54) is 4.52 Å². The van der Waals surface area contributed by atoms with Crippen LogP contribution < -0.4 is 11.0 Å². The van der Waals surface area contributed by atoms with Gasteiger partial charge in [0, 0.05) is 11.4 Å². The van der Waals surface area contributed by atoms with Crippen LogP contribution in [-0.2, 0) is 0 Å². The summed E-state index contributed by atoms with van der Waals surface area (Å²) in [7, 11) is 0. The molecule has 1 unspecified atom stereocenters. The lowest BCUT2D eigenvalue weighted by molar-refractivity contribution is 0.549. The van der Waals surface area contributed by atoms with Gasteiger partial charge in [0.25, 0.3) is 0 Å². The fraction of sp³-hybridized carbons (Fsp3) is 0.500. The van der Waals surface area contributed by atoms with E-state index in [1.807, 2.05) is 13.8 Å². The first-order valence-electron chi connectivity index (χ1n) is 5.36. The molecule has 0 spiro atoms. The summed E-state index contributed by atoms with van der Waals surface area (Å²) in [5.74, 6) is 1.06. The van der Waals surface area contributed by atoms with Gasteiger partial charge in [0.2, 0.25) is 0 Å². The third kappa shape index (κ3) is 2.26. The smallest absolute Gasteiger partial charge is 0.362 e. The molecule has 0 bridgehead atoms. The first-order chi connectivity index (χ1) is 8.08. The van der Waals surface area contributed by atoms with E-state index in [0.717, 1.165) is 6.42 Å².